The maximum Gasteiger partial charge on any atom is 0.227 e. The monoisotopic (exact) mass is 357 g/mol. The molecule has 138 valence electrons. The van der Waals surface area contributed by atoms with Crippen LogP contribution in [0.1, 0.15) is 12.0 Å². The number of hydrogen-bond donors (Lipinski definition) is 2. The molecule has 0 unspecified atom stereocenters. The summed E-state index contributed by atoms with van der Waals surface area (Å²) in [6.45, 7) is 1.91. The molecule has 1 aromatic carbocycles. The fourth-order valence-electron chi connectivity index (χ4n) is 4.25. The van der Waals surface area contributed by atoms with E-state index in [1.807, 2.05) is 24.4 Å². The highest BCUT2D eigenvalue weighted by atomic mass is 16.5. The lowest BCUT2D eigenvalue weighted by Gasteiger charge is -2.34. The van der Waals surface area contributed by atoms with Crippen molar-refractivity contribution in [2.24, 2.45) is 17.1 Å². The van der Waals surface area contributed by atoms with Gasteiger partial charge < -0.3 is 25.1 Å². The standard InChI is InChI=1S/C19H23N3O4/c1-25-14-2-3-16-15(7-14)12(8-21-16)6-17(23)22-9-13-10-26-5-4-19(13,11-22)18(20)24/h2-3,7-8,13,21H,4-6,9-11H2,1H3,(H2,20,24)/t13-,19+/m1/s1. The highest BCUT2D eigenvalue weighted by molar-refractivity contribution is 5.90. The Hall–Kier alpha value is -2.54. The number of aromatic nitrogens is 1. The fraction of sp³-hybridized carbons (Fsp3) is 0.474. The van der Waals surface area contributed by atoms with E-state index >= 15 is 0 Å². The van der Waals surface area contributed by atoms with Crippen LogP contribution in [0, 0.1) is 11.3 Å². The SMILES string of the molecule is COc1ccc2[nH]cc(CC(=O)N3C[C@@H]4COCC[C@]4(C(N)=O)C3)c2c1. The molecule has 0 spiro atoms. The number of nitrogens with one attached hydrogen (secondary N) is 1. The molecule has 2 aliphatic heterocycles. The summed E-state index contributed by atoms with van der Waals surface area (Å²) in [5.74, 6) is 0.422. The van der Waals surface area contributed by atoms with Crippen LogP contribution in [0.5, 0.6) is 5.75 Å². The molecule has 3 heterocycles. The second kappa shape index (κ2) is 6.32. The van der Waals surface area contributed by atoms with Crippen LogP contribution in [-0.4, -0.2) is 55.1 Å². The van der Waals surface area contributed by atoms with Gasteiger partial charge in [-0.3, -0.25) is 9.59 Å². The highest BCUT2D eigenvalue weighted by Gasteiger charge is 2.53. The molecule has 7 nitrogen and oxygen atoms in total. The van der Waals surface area contributed by atoms with E-state index in [-0.39, 0.29) is 24.2 Å². The van der Waals surface area contributed by atoms with Crippen LogP contribution < -0.4 is 10.5 Å². The van der Waals surface area contributed by atoms with Crippen LogP contribution in [0.15, 0.2) is 24.4 Å². The Morgan fingerprint density at radius 3 is 3.04 bits per heavy atom. The smallest absolute Gasteiger partial charge is 0.227 e. The lowest BCUT2D eigenvalue weighted by atomic mass is 9.74. The molecule has 0 radical (unpaired) electrons. The van der Waals surface area contributed by atoms with E-state index in [0.29, 0.717) is 32.7 Å². The van der Waals surface area contributed by atoms with Crippen molar-refractivity contribution >= 4 is 22.7 Å². The van der Waals surface area contributed by atoms with Crippen molar-refractivity contribution in [3.05, 3.63) is 30.0 Å². The van der Waals surface area contributed by atoms with E-state index in [2.05, 4.69) is 4.98 Å². The van der Waals surface area contributed by atoms with Crippen molar-refractivity contribution in [3.8, 4) is 5.75 Å². The molecule has 2 aromatic rings. The number of likely N-dealkylation sites (tertiary alicyclic amines) is 1. The molecule has 0 bridgehead atoms. The zero-order valence-electron chi connectivity index (χ0n) is 14.8. The van der Waals surface area contributed by atoms with E-state index in [9.17, 15) is 9.59 Å². The van der Waals surface area contributed by atoms with Crippen LogP contribution in [0.25, 0.3) is 10.9 Å². The second-order valence-corrected chi connectivity index (χ2v) is 7.22. The van der Waals surface area contributed by atoms with Gasteiger partial charge in [0, 0.05) is 42.7 Å². The number of carbonyl (C=O) groups excluding carboxylic acids is 2. The molecule has 2 fully saturated rings. The maximum absolute atomic E-state index is 12.9. The Balaban J connectivity index is 1.55. The molecule has 26 heavy (non-hydrogen) atoms. The number of nitrogens with zero attached hydrogens (tertiary/aromatic N) is 1. The molecule has 2 aliphatic rings. The number of fused-ring (bicyclic) bond motifs is 2. The van der Waals surface area contributed by atoms with Crippen LogP contribution in [0.3, 0.4) is 0 Å². The minimum atomic E-state index is -0.642. The molecular weight excluding hydrogens is 334 g/mol. The Labute approximate surface area is 151 Å². The minimum Gasteiger partial charge on any atom is -0.497 e. The molecule has 2 amide bonds. The Kier molecular flexibility index (Phi) is 4.11. The van der Waals surface area contributed by atoms with Gasteiger partial charge in [0.2, 0.25) is 11.8 Å². The molecule has 2 saturated heterocycles. The molecule has 2 atom stereocenters. The lowest BCUT2D eigenvalue weighted by Crippen LogP contribution is -2.48. The van der Waals surface area contributed by atoms with Crippen LogP contribution in [-0.2, 0) is 20.7 Å². The number of amides is 2. The third-order valence-electron chi connectivity index (χ3n) is 5.87. The van der Waals surface area contributed by atoms with Gasteiger partial charge in [0.1, 0.15) is 5.75 Å². The second-order valence-electron chi connectivity index (χ2n) is 7.22. The predicted octanol–water partition coefficient (Wildman–Crippen LogP) is 1.07. The maximum atomic E-state index is 12.9. The quantitative estimate of drug-likeness (QED) is 0.855. The van der Waals surface area contributed by atoms with E-state index in [4.69, 9.17) is 15.2 Å². The summed E-state index contributed by atoms with van der Waals surface area (Å²) in [7, 11) is 1.62. The normalized spacial score (nSPS) is 25.3. The van der Waals surface area contributed by atoms with Gasteiger partial charge in [-0.25, -0.2) is 0 Å². The first-order chi connectivity index (χ1) is 12.5. The van der Waals surface area contributed by atoms with Gasteiger partial charge >= 0.3 is 0 Å². The number of H-pyrrole nitrogens is 1. The number of benzene rings is 1. The van der Waals surface area contributed by atoms with Crippen molar-refractivity contribution < 1.29 is 19.1 Å². The average molecular weight is 357 g/mol. The first kappa shape index (κ1) is 16.9. The summed E-state index contributed by atoms with van der Waals surface area (Å²) >= 11 is 0. The summed E-state index contributed by atoms with van der Waals surface area (Å²) in [6, 6.07) is 5.75. The zero-order chi connectivity index (χ0) is 18.3. The van der Waals surface area contributed by atoms with Crippen molar-refractivity contribution in [2.45, 2.75) is 12.8 Å². The van der Waals surface area contributed by atoms with E-state index in [1.165, 1.54) is 0 Å². The molecule has 7 heteroatoms. The molecule has 0 aliphatic carbocycles. The van der Waals surface area contributed by atoms with Crippen molar-refractivity contribution in [2.75, 3.05) is 33.4 Å². The van der Waals surface area contributed by atoms with E-state index in [1.54, 1.807) is 12.0 Å². The third kappa shape index (κ3) is 2.63. The first-order valence-electron chi connectivity index (χ1n) is 8.83. The van der Waals surface area contributed by atoms with Crippen molar-refractivity contribution in [3.63, 3.8) is 0 Å². The van der Waals surface area contributed by atoms with Crippen LogP contribution >= 0.6 is 0 Å². The largest absolute Gasteiger partial charge is 0.497 e. The number of hydrogen-bond acceptors (Lipinski definition) is 4. The Morgan fingerprint density at radius 1 is 1.46 bits per heavy atom. The van der Waals surface area contributed by atoms with E-state index < -0.39 is 5.41 Å². The highest BCUT2D eigenvalue weighted by Crippen LogP contribution is 2.42. The molecule has 0 saturated carbocycles. The van der Waals surface area contributed by atoms with Crippen LogP contribution in [0.2, 0.25) is 0 Å². The number of primary amides is 1. The Bertz CT molecular complexity index is 862. The molecule has 1 aromatic heterocycles. The number of aromatic amines is 1. The number of rotatable bonds is 4. The van der Waals surface area contributed by atoms with Gasteiger partial charge in [-0.1, -0.05) is 0 Å². The predicted molar refractivity (Wildman–Crippen MR) is 95.7 cm³/mol. The lowest BCUT2D eigenvalue weighted by molar-refractivity contribution is -0.136. The van der Waals surface area contributed by atoms with Crippen LogP contribution in [0.4, 0.5) is 0 Å². The minimum absolute atomic E-state index is 0.00347. The van der Waals surface area contributed by atoms with Gasteiger partial charge in [-0.2, -0.15) is 0 Å². The van der Waals surface area contributed by atoms with Crippen molar-refractivity contribution in [1.82, 2.24) is 9.88 Å². The van der Waals surface area contributed by atoms with Gasteiger partial charge in [0.05, 0.1) is 25.6 Å². The molecular formula is C19H23N3O4. The summed E-state index contributed by atoms with van der Waals surface area (Å²) in [6.07, 6.45) is 2.72. The zero-order valence-corrected chi connectivity index (χ0v) is 14.8. The first-order valence-corrected chi connectivity index (χ1v) is 8.83. The molecule has 3 N–H and O–H groups in total. The van der Waals surface area contributed by atoms with Gasteiger partial charge in [-0.05, 0) is 30.2 Å². The summed E-state index contributed by atoms with van der Waals surface area (Å²) in [5, 5.41) is 0.974. The van der Waals surface area contributed by atoms with Gasteiger partial charge in [0.25, 0.3) is 0 Å². The molecule has 4 rings (SSSR count). The fourth-order valence-corrected chi connectivity index (χ4v) is 4.25. The summed E-state index contributed by atoms with van der Waals surface area (Å²) in [5.41, 5.74) is 6.94. The van der Waals surface area contributed by atoms with E-state index in [0.717, 1.165) is 22.2 Å². The third-order valence-corrected chi connectivity index (χ3v) is 5.87. The van der Waals surface area contributed by atoms with Gasteiger partial charge in [0.15, 0.2) is 0 Å². The topological polar surface area (TPSA) is 97.7 Å². The summed E-state index contributed by atoms with van der Waals surface area (Å²) < 4.78 is 10.8. The number of methoxy groups -OCH3 is 1. The Morgan fingerprint density at radius 2 is 2.31 bits per heavy atom. The number of ether oxygens (including phenoxy) is 2. The van der Waals surface area contributed by atoms with Crippen molar-refractivity contribution in [1.29, 1.82) is 0 Å². The van der Waals surface area contributed by atoms with Gasteiger partial charge in [-0.15, -0.1) is 0 Å². The average Bonchev–Trinajstić information content (AvgIpc) is 3.23. The number of nitrogens with two attached hydrogens (primary N) is 1. The number of carbonyl (C=O) groups is 2. The summed E-state index contributed by atoms with van der Waals surface area (Å²) in [4.78, 5) is 30.0.